The fourth-order valence-electron chi connectivity index (χ4n) is 16.5. The zero-order chi connectivity index (χ0) is 34.2. The summed E-state index contributed by atoms with van der Waals surface area (Å²) in [4.78, 5) is 11.7. The standard InChI is InChI=1S/C42H70N8/c1-18-10-11-19(2)27-26(18)34-43-36-28-20(3)12-14-22(5)30(28)38-45-40-32-24(7)16-17-25(8)33(32)41-46-39-31-23(6)15-13-21(4)29(31)37(44-35(27)47(34)9)49(39)42(48(36)38)50(40)41/h18-41,43-46H,9-17H2,1-8H3/q-2. The van der Waals surface area contributed by atoms with E-state index in [2.05, 4.69) is 96.3 Å². The molecule has 7 heterocycles. The first kappa shape index (κ1) is 33.1. The largest absolute Gasteiger partial charge is 0.430 e. The van der Waals surface area contributed by atoms with E-state index in [1.54, 1.807) is 6.29 Å². The molecular formula is C42H70N8-2. The monoisotopic (exact) mass is 687 g/mol. The summed E-state index contributed by atoms with van der Waals surface area (Å²) in [6, 6.07) is 0. The maximum atomic E-state index is 5.04. The van der Waals surface area contributed by atoms with E-state index in [9.17, 15) is 0 Å². The van der Waals surface area contributed by atoms with Crippen molar-refractivity contribution in [2.24, 2.45) is 94.7 Å². The summed E-state index contributed by atoms with van der Waals surface area (Å²) in [6.45, 7) is 20.9. The van der Waals surface area contributed by atoms with Crippen molar-refractivity contribution in [2.75, 3.05) is 0 Å². The third-order valence-corrected chi connectivity index (χ3v) is 18.8. The second kappa shape index (κ2) is 11.4. The Morgan fingerprint density at radius 3 is 0.740 bits per heavy atom. The third kappa shape index (κ3) is 4.07. The minimum atomic E-state index is 0.309. The molecule has 7 saturated heterocycles. The van der Waals surface area contributed by atoms with Gasteiger partial charge in [0.1, 0.15) is 0 Å². The molecule has 4 N–H and O–H groups in total. The van der Waals surface area contributed by atoms with Gasteiger partial charge in [0.15, 0.2) is 0 Å². The second-order valence-electron chi connectivity index (χ2n) is 21.0. The number of hydrogen-bond acceptors (Lipinski definition) is 8. The van der Waals surface area contributed by atoms with Gasteiger partial charge in [-0.15, -0.1) is 6.29 Å². The average Bonchev–Trinajstić information content (AvgIpc) is 3.79. The molecule has 50 heavy (non-hydrogen) atoms. The summed E-state index contributed by atoms with van der Waals surface area (Å²) >= 11 is 0. The van der Waals surface area contributed by atoms with E-state index in [1.165, 1.54) is 51.4 Å². The second-order valence-corrected chi connectivity index (χ2v) is 21.0. The normalized spacial score (nSPS) is 63.5. The predicted molar refractivity (Wildman–Crippen MR) is 197 cm³/mol. The van der Waals surface area contributed by atoms with E-state index in [0.717, 1.165) is 35.5 Å². The molecule has 24 unspecified atom stereocenters. The van der Waals surface area contributed by atoms with Crippen LogP contribution in [-0.2, 0) is 0 Å². The highest BCUT2D eigenvalue weighted by Gasteiger charge is 2.68. The Morgan fingerprint density at radius 1 is 0.340 bits per heavy atom. The molecule has 2 bridgehead atoms. The lowest BCUT2D eigenvalue weighted by atomic mass is 9.65. The summed E-state index contributed by atoms with van der Waals surface area (Å²) in [5.41, 5.74) is 0. The molecule has 8 heteroatoms. The van der Waals surface area contributed by atoms with Crippen molar-refractivity contribution in [3.8, 4) is 0 Å². The molecule has 11 aliphatic rings. The van der Waals surface area contributed by atoms with Crippen LogP contribution in [0.1, 0.15) is 107 Å². The van der Waals surface area contributed by atoms with Gasteiger partial charge in [0.2, 0.25) is 0 Å². The topological polar surface area (TPSA) is 61.1 Å². The number of nitrogens with zero attached hydrogens (tertiary/aromatic N) is 4. The highest BCUT2D eigenvalue weighted by molar-refractivity contribution is 5.25. The van der Waals surface area contributed by atoms with Gasteiger partial charge in [-0.1, -0.05) is 107 Å². The van der Waals surface area contributed by atoms with Crippen LogP contribution in [0.2, 0.25) is 0 Å². The van der Waals surface area contributed by atoms with Gasteiger partial charge in [0, 0.05) is 49.3 Å². The van der Waals surface area contributed by atoms with Crippen LogP contribution in [0.25, 0.3) is 0 Å². The van der Waals surface area contributed by atoms with Gasteiger partial charge in [-0.25, -0.2) is 0 Å². The van der Waals surface area contributed by atoms with Gasteiger partial charge in [-0.2, -0.15) is 0 Å². The molecule has 8 nitrogen and oxygen atoms in total. The zero-order valence-corrected chi connectivity index (χ0v) is 32.5. The van der Waals surface area contributed by atoms with E-state index in [0.29, 0.717) is 109 Å². The highest BCUT2D eigenvalue weighted by atomic mass is 15.7. The average molecular weight is 687 g/mol. The maximum Gasteiger partial charge on any atom is 0.0406 e. The molecule has 0 radical (unpaired) electrons. The van der Waals surface area contributed by atoms with Crippen molar-refractivity contribution in [1.29, 1.82) is 0 Å². The molecule has 11 rings (SSSR count). The van der Waals surface area contributed by atoms with Crippen molar-refractivity contribution < 1.29 is 0 Å². The number of rotatable bonds is 0. The van der Waals surface area contributed by atoms with Gasteiger partial charge >= 0.3 is 0 Å². The highest BCUT2D eigenvalue weighted by Crippen LogP contribution is 2.63. The predicted octanol–water partition coefficient (Wildman–Crippen LogP) is 5.69. The molecule has 4 saturated carbocycles. The Morgan fingerprint density at radius 2 is 0.520 bits per heavy atom. The van der Waals surface area contributed by atoms with Gasteiger partial charge in [-0.05, 0) is 94.7 Å². The third-order valence-electron chi connectivity index (χ3n) is 18.8. The van der Waals surface area contributed by atoms with Crippen LogP contribution in [-0.4, -0.2) is 68.9 Å². The first-order valence-corrected chi connectivity index (χ1v) is 21.9. The van der Waals surface area contributed by atoms with Crippen LogP contribution in [0.4, 0.5) is 0 Å². The zero-order valence-electron chi connectivity index (χ0n) is 32.5. The van der Waals surface area contributed by atoms with Gasteiger partial charge in [0.25, 0.3) is 0 Å². The maximum absolute atomic E-state index is 5.04. The van der Waals surface area contributed by atoms with E-state index < -0.39 is 0 Å². The molecule has 0 amide bonds. The molecule has 7 aliphatic heterocycles. The summed E-state index contributed by atoms with van der Waals surface area (Å²) in [5, 5.41) is 18.5. The van der Waals surface area contributed by atoms with Crippen LogP contribution >= 0.6 is 0 Å². The number of hydrogen-bond donors (Lipinski definition) is 4. The SMILES string of the molecule is [CH2-]N1C2NC3C4C(C)CCC(C)C4C4NC5C6C(C)CCC(C)C6C6NC7C8C(C)CCC(C)C8C(NC1C1C(C)CCC(C)C12)N7[C-](N34)N56. The molecule has 0 aromatic carbocycles. The van der Waals surface area contributed by atoms with E-state index >= 15 is 0 Å². The lowest BCUT2D eigenvalue weighted by molar-refractivity contribution is -0.162. The van der Waals surface area contributed by atoms with Gasteiger partial charge in [-0.3, -0.25) is 28.3 Å². The molecule has 11 fully saturated rings. The summed E-state index contributed by atoms with van der Waals surface area (Å²) in [5.74, 6) is 11.1. The fraction of sp³-hybridized carbons (Fsp3) is 0.952. The van der Waals surface area contributed by atoms with Crippen LogP contribution < -0.4 is 21.3 Å². The quantitative estimate of drug-likeness (QED) is 0.243. The van der Waals surface area contributed by atoms with E-state index in [4.69, 9.17) is 7.05 Å². The fourth-order valence-corrected chi connectivity index (χ4v) is 16.5. The molecule has 0 spiro atoms. The van der Waals surface area contributed by atoms with Crippen LogP contribution in [0.5, 0.6) is 0 Å². The molecule has 0 aromatic rings. The van der Waals surface area contributed by atoms with E-state index in [-0.39, 0.29) is 0 Å². The lowest BCUT2D eigenvalue weighted by Gasteiger charge is -2.72. The first-order valence-electron chi connectivity index (χ1n) is 21.9. The molecule has 280 valence electrons. The Balaban J connectivity index is 1.14. The first-order chi connectivity index (χ1) is 24.1. The smallest absolute Gasteiger partial charge is 0.0406 e. The Hall–Kier alpha value is -0.320. The van der Waals surface area contributed by atoms with E-state index in [1.807, 2.05) is 0 Å². The molecular weight excluding hydrogens is 617 g/mol. The number of nitrogens with one attached hydrogen (secondary N) is 4. The minimum absolute atomic E-state index is 0.309. The van der Waals surface area contributed by atoms with Crippen molar-refractivity contribution >= 4 is 0 Å². The summed E-state index contributed by atoms with van der Waals surface area (Å²) in [7, 11) is 5.04. The van der Waals surface area contributed by atoms with Crippen LogP contribution in [0.3, 0.4) is 0 Å². The molecule has 24 atom stereocenters. The van der Waals surface area contributed by atoms with Crippen molar-refractivity contribution in [2.45, 2.75) is 156 Å². The Labute approximate surface area is 304 Å². The van der Waals surface area contributed by atoms with Crippen LogP contribution in [0.15, 0.2) is 0 Å². The van der Waals surface area contributed by atoms with Crippen molar-refractivity contribution in [3.63, 3.8) is 0 Å². The minimum Gasteiger partial charge on any atom is -0.430 e. The van der Waals surface area contributed by atoms with Gasteiger partial charge < -0.3 is 19.6 Å². The Kier molecular flexibility index (Phi) is 7.51. The Bertz CT molecular complexity index is 1250. The molecule has 4 aliphatic carbocycles. The van der Waals surface area contributed by atoms with Crippen LogP contribution in [0, 0.1) is 108 Å². The summed E-state index contributed by atoms with van der Waals surface area (Å²) < 4.78 is 0. The van der Waals surface area contributed by atoms with Crippen molar-refractivity contribution in [3.05, 3.63) is 13.3 Å². The number of fused-ring (bicyclic) bond motifs is 14. The van der Waals surface area contributed by atoms with Crippen molar-refractivity contribution in [1.82, 2.24) is 40.9 Å². The summed E-state index contributed by atoms with van der Waals surface area (Å²) in [6.07, 6.45) is 15.5. The molecule has 0 aromatic heterocycles. The van der Waals surface area contributed by atoms with Gasteiger partial charge in [0.05, 0.1) is 0 Å². The lowest BCUT2D eigenvalue weighted by Crippen LogP contribution is -2.79.